The van der Waals surface area contributed by atoms with E-state index in [1.807, 2.05) is 0 Å². The van der Waals surface area contributed by atoms with Gasteiger partial charge in [0.1, 0.15) is 0 Å². The van der Waals surface area contributed by atoms with Crippen LogP contribution in [0.5, 0.6) is 0 Å². The molecule has 0 aliphatic heterocycles. The van der Waals surface area contributed by atoms with E-state index in [9.17, 15) is 9.59 Å². The van der Waals surface area contributed by atoms with Crippen molar-refractivity contribution in [1.82, 2.24) is 5.32 Å². The average molecular weight is 257 g/mol. The van der Waals surface area contributed by atoms with Crippen molar-refractivity contribution in [3.63, 3.8) is 0 Å². The predicted octanol–water partition coefficient (Wildman–Crippen LogP) is 0.913. The maximum Gasteiger partial charge on any atom is 0.220 e. The van der Waals surface area contributed by atoms with Gasteiger partial charge in [0.25, 0.3) is 0 Å². The van der Waals surface area contributed by atoms with Crippen molar-refractivity contribution in [2.75, 3.05) is 13.1 Å². The summed E-state index contributed by atoms with van der Waals surface area (Å²) in [5.74, 6) is -0.218. The van der Waals surface area contributed by atoms with Gasteiger partial charge in [-0.2, -0.15) is 0 Å². The molecule has 0 aromatic carbocycles. The molecule has 0 atom stereocenters. The lowest BCUT2D eigenvalue weighted by atomic mass is 9.84. The molecule has 0 aromatic heterocycles. The Morgan fingerprint density at radius 1 is 1.11 bits per heavy atom. The van der Waals surface area contributed by atoms with Crippen molar-refractivity contribution < 1.29 is 9.59 Å². The van der Waals surface area contributed by atoms with Gasteiger partial charge in [-0.3, -0.25) is 9.59 Å². The van der Waals surface area contributed by atoms with Gasteiger partial charge in [0.2, 0.25) is 11.8 Å². The molecular formula is C13H27N3O2. The lowest BCUT2D eigenvalue weighted by Gasteiger charge is -2.23. The SMILES string of the molecule is CC(C)(CCN)CCC(=O)NCCCCC(N)=O. The van der Waals surface area contributed by atoms with Gasteiger partial charge in [-0.15, -0.1) is 0 Å². The minimum absolute atomic E-state index is 0.0687. The first-order valence-electron chi connectivity index (χ1n) is 6.62. The second-order valence-electron chi connectivity index (χ2n) is 5.48. The van der Waals surface area contributed by atoms with Crippen molar-refractivity contribution in [2.45, 2.75) is 52.4 Å². The smallest absolute Gasteiger partial charge is 0.220 e. The summed E-state index contributed by atoms with van der Waals surface area (Å²) in [4.78, 5) is 22.1. The molecular weight excluding hydrogens is 230 g/mol. The molecule has 0 fully saturated rings. The quantitative estimate of drug-likeness (QED) is 0.507. The molecule has 0 saturated carbocycles. The fourth-order valence-electron chi connectivity index (χ4n) is 1.71. The molecule has 0 aliphatic carbocycles. The third kappa shape index (κ3) is 10.1. The van der Waals surface area contributed by atoms with Gasteiger partial charge in [0, 0.05) is 19.4 Å². The van der Waals surface area contributed by atoms with Crippen LogP contribution in [-0.2, 0) is 9.59 Å². The molecule has 0 heterocycles. The van der Waals surface area contributed by atoms with Gasteiger partial charge in [0.05, 0.1) is 0 Å². The maximum atomic E-state index is 11.6. The Morgan fingerprint density at radius 3 is 2.33 bits per heavy atom. The number of primary amides is 1. The van der Waals surface area contributed by atoms with Crippen molar-refractivity contribution >= 4 is 11.8 Å². The van der Waals surface area contributed by atoms with Crippen LogP contribution in [0.15, 0.2) is 0 Å². The first kappa shape index (κ1) is 16.9. The van der Waals surface area contributed by atoms with E-state index in [0.717, 1.165) is 25.7 Å². The Kier molecular flexibility index (Phi) is 8.37. The molecule has 0 bridgehead atoms. The zero-order chi connectivity index (χ0) is 14.0. The van der Waals surface area contributed by atoms with Gasteiger partial charge in [-0.1, -0.05) is 13.8 Å². The number of unbranched alkanes of at least 4 members (excludes halogenated alkanes) is 1. The summed E-state index contributed by atoms with van der Waals surface area (Å²) in [5.41, 5.74) is 10.7. The van der Waals surface area contributed by atoms with Gasteiger partial charge >= 0.3 is 0 Å². The minimum atomic E-state index is -0.287. The molecule has 18 heavy (non-hydrogen) atoms. The second kappa shape index (κ2) is 8.91. The number of carbonyl (C=O) groups is 2. The van der Waals surface area contributed by atoms with E-state index in [-0.39, 0.29) is 17.2 Å². The summed E-state index contributed by atoms with van der Waals surface area (Å²) >= 11 is 0. The Morgan fingerprint density at radius 2 is 1.78 bits per heavy atom. The summed E-state index contributed by atoms with van der Waals surface area (Å²) in [6.45, 7) is 5.52. The summed E-state index contributed by atoms with van der Waals surface area (Å²) in [6.07, 6.45) is 4.22. The molecule has 106 valence electrons. The monoisotopic (exact) mass is 257 g/mol. The second-order valence-corrected chi connectivity index (χ2v) is 5.48. The van der Waals surface area contributed by atoms with Crippen LogP contribution in [0, 0.1) is 5.41 Å². The largest absolute Gasteiger partial charge is 0.370 e. The van der Waals surface area contributed by atoms with Crippen LogP contribution in [0.4, 0.5) is 0 Å². The van der Waals surface area contributed by atoms with Crippen LogP contribution in [0.2, 0.25) is 0 Å². The molecule has 0 aliphatic rings. The fraction of sp³-hybridized carbons (Fsp3) is 0.846. The fourth-order valence-corrected chi connectivity index (χ4v) is 1.71. The molecule has 0 aromatic rings. The van der Waals surface area contributed by atoms with E-state index in [4.69, 9.17) is 11.5 Å². The zero-order valence-corrected chi connectivity index (χ0v) is 11.6. The number of amides is 2. The Hall–Kier alpha value is -1.10. The van der Waals surface area contributed by atoms with Crippen LogP contribution in [0.1, 0.15) is 52.4 Å². The number of nitrogens with two attached hydrogens (primary N) is 2. The van der Waals surface area contributed by atoms with Gasteiger partial charge < -0.3 is 16.8 Å². The first-order valence-corrected chi connectivity index (χ1v) is 6.62. The summed E-state index contributed by atoms with van der Waals surface area (Å²) in [6, 6.07) is 0. The van der Waals surface area contributed by atoms with E-state index < -0.39 is 0 Å². The highest BCUT2D eigenvalue weighted by Gasteiger charge is 2.17. The highest BCUT2D eigenvalue weighted by Crippen LogP contribution is 2.25. The molecule has 0 rings (SSSR count). The standard InChI is InChI=1S/C13H27N3O2/c1-13(2,8-9-14)7-6-12(18)16-10-4-3-5-11(15)17/h3-10,14H2,1-2H3,(H2,15,17)(H,16,18). The third-order valence-corrected chi connectivity index (χ3v) is 3.02. The van der Waals surface area contributed by atoms with Crippen LogP contribution in [0.3, 0.4) is 0 Å². The normalized spacial score (nSPS) is 11.3. The lowest BCUT2D eigenvalue weighted by Crippen LogP contribution is -2.27. The van der Waals surface area contributed by atoms with Crippen molar-refractivity contribution in [3.8, 4) is 0 Å². The zero-order valence-electron chi connectivity index (χ0n) is 11.6. The van der Waals surface area contributed by atoms with E-state index >= 15 is 0 Å². The number of rotatable bonds is 10. The highest BCUT2D eigenvalue weighted by molar-refractivity contribution is 5.76. The Bertz CT molecular complexity index is 265. The predicted molar refractivity (Wildman–Crippen MR) is 72.7 cm³/mol. The van der Waals surface area contributed by atoms with Crippen LogP contribution >= 0.6 is 0 Å². The van der Waals surface area contributed by atoms with Crippen molar-refractivity contribution in [1.29, 1.82) is 0 Å². The number of carbonyl (C=O) groups excluding carboxylic acids is 2. The summed E-state index contributed by atoms with van der Waals surface area (Å²) < 4.78 is 0. The molecule has 0 spiro atoms. The Balaban J connectivity index is 3.57. The minimum Gasteiger partial charge on any atom is -0.370 e. The highest BCUT2D eigenvalue weighted by atomic mass is 16.1. The summed E-state index contributed by atoms with van der Waals surface area (Å²) in [5, 5.41) is 2.85. The molecule has 0 unspecified atom stereocenters. The third-order valence-electron chi connectivity index (χ3n) is 3.02. The van der Waals surface area contributed by atoms with Gasteiger partial charge in [0.15, 0.2) is 0 Å². The van der Waals surface area contributed by atoms with Crippen molar-refractivity contribution in [2.24, 2.45) is 16.9 Å². The van der Waals surface area contributed by atoms with Crippen molar-refractivity contribution in [3.05, 3.63) is 0 Å². The molecule has 5 heteroatoms. The first-order chi connectivity index (χ1) is 8.37. The Labute approximate surface area is 110 Å². The molecule has 0 saturated heterocycles. The van der Waals surface area contributed by atoms with Gasteiger partial charge in [-0.05, 0) is 37.6 Å². The average Bonchev–Trinajstić information content (AvgIpc) is 2.25. The number of nitrogens with one attached hydrogen (secondary N) is 1. The van der Waals surface area contributed by atoms with E-state index in [1.54, 1.807) is 0 Å². The molecule has 5 nitrogen and oxygen atoms in total. The number of hydrogen-bond acceptors (Lipinski definition) is 3. The summed E-state index contributed by atoms with van der Waals surface area (Å²) in [7, 11) is 0. The van der Waals surface area contributed by atoms with Crippen LogP contribution < -0.4 is 16.8 Å². The lowest BCUT2D eigenvalue weighted by molar-refractivity contribution is -0.121. The molecule has 2 amide bonds. The van der Waals surface area contributed by atoms with Crippen LogP contribution in [-0.4, -0.2) is 24.9 Å². The number of hydrogen-bond donors (Lipinski definition) is 3. The van der Waals surface area contributed by atoms with E-state index in [2.05, 4.69) is 19.2 Å². The maximum absolute atomic E-state index is 11.6. The topological polar surface area (TPSA) is 98.2 Å². The van der Waals surface area contributed by atoms with E-state index in [0.29, 0.717) is 25.9 Å². The van der Waals surface area contributed by atoms with Crippen LogP contribution in [0.25, 0.3) is 0 Å². The molecule has 0 radical (unpaired) electrons. The van der Waals surface area contributed by atoms with Gasteiger partial charge in [-0.25, -0.2) is 0 Å². The molecule has 5 N–H and O–H groups in total. The van der Waals surface area contributed by atoms with E-state index in [1.165, 1.54) is 0 Å².